The highest BCUT2D eigenvalue weighted by atomic mass is 16.5. The molecule has 5 nitrogen and oxygen atoms in total. The van der Waals surface area contributed by atoms with E-state index in [1.165, 1.54) is 44.9 Å². The number of methoxy groups -OCH3 is 1. The maximum Gasteiger partial charge on any atom is 0.191 e. The molecule has 2 saturated carbocycles. The molecule has 2 rings (SSSR count). The van der Waals surface area contributed by atoms with Gasteiger partial charge in [0.1, 0.15) is 0 Å². The number of hydrogen-bond donors (Lipinski definition) is 2. The SMILES string of the molecule is CN=C(NCCN(C)C1CCCC1)NCC1(CCOC)CCC1. The van der Waals surface area contributed by atoms with Gasteiger partial charge in [0.2, 0.25) is 0 Å². The zero-order chi connectivity index (χ0) is 16.5. The van der Waals surface area contributed by atoms with Gasteiger partial charge < -0.3 is 20.3 Å². The predicted molar refractivity (Wildman–Crippen MR) is 97.0 cm³/mol. The molecule has 2 aliphatic carbocycles. The molecule has 2 aliphatic rings. The van der Waals surface area contributed by atoms with Crippen LogP contribution in [0.2, 0.25) is 0 Å². The molecule has 0 aromatic heterocycles. The number of hydrogen-bond acceptors (Lipinski definition) is 3. The first-order valence-electron chi connectivity index (χ1n) is 9.33. The molecule has 0 spiro atoms. The van der Waals surface area contributed by atoms with E-state index < -0.39 is 0 Å². The van der Waals surface area contributed by atoms with Gasteiger partial charge in [0.15, 0.2) is 5.96 Å². The molecule has 0 aliphatic heterocycles. The minimum Gasteiger partial charge on any atom is -0.385 e. The first-order valence-corrected chi connectivity index (χ1v) is 9.33. The largest absolute Gasteiger partial charge is 0.385 e. The first kappa shape index (κ1) is 18.5. The monoisotopic (exact) mass is 324 g/mol. The van der Waals surface area contributed by atoms with Crippen LogP contribution in [0.1, 0.15) is 51.4 Å². The quantitative estimate of drug-likeness (QED) is 0.504. The molecule has 0 saturated heterocycles. The van der Waals surface area contributed by atoms with E-state index in [9.17, 15) is 0 Å². The molecule has 5 heteroatoms. The van der Waals surface area contributed by atoms with Crippen LogP contribution in [0.5, 0.6) is 0 Å². The number of likely N-dealkylation sites (N-methyl/N-ethyl adjacent to an activating group) is 1. The molecule has 0 radical (unpaired) electrons. The van der Waals surface area contributed by atoms with E-state index in [2.05, 4.69) is 27.6 Å². The third-order valence-electron chi connectivity index (χ3n) is 5.81. The van der Waals surface area contributed by atoms with Crippen molar-refractivity contribution in [2.24, 2.45) is 10.4 Å². The summed E-state index contributed by atoms with van der Waals surface area (Å²) in [5.74, 6) is 0.938. The van der Waals surface area contributed by atoms with Gasteiger partial charge in [0.05, 0.1) is 0 Å². The maximum absolute atomic E-state index is 5.27. The number of nitrogens with zero attached hydrogens (tertiary/aromatic N) is 2. The van der Waals surface area contributed by atoms with Gasteiger partial charge in [0, 0.05) is 46.4 Å². The highest BCUT2D eigenvalue weighted by Gasteiger charge is 2.36. The zero-order valence-electron chi connectivity index (χ0n) is 15.4. The minimum atomic E-state index is 0.425. The van der Waals surface area contributed by atoms with Crippen LogP contribution in [-0.2, 0) is 4.74 Å². The van der Waals surface area contributed by atoms with E-state index in [0.29, 0.717) is 5.41 Å². The Morgan fingerprint density at radius 3 is 2.52 bits per heavy atom. The molecular formula is C18H36N4O. The van der Waals surface area contributed by atoms with Crippen molar-refractivity contribution in [3.05, 3.63) is 0 Å². The molecule has 0 heterocycles. The van der Waals surface area contributed by atoms with Crippen molar-refractivity contribution < 1.29 is 4.74 Å². The summed E-state index contributed by atoms with van der Waals surface area (Å²) in [5, 5.41) is 7.00. The second-order valence-corrected chi connectivity index (χ2v) is 7.37. The number of guanidine groups is 1. The van der Waals surface area contributed by atoms with Crippen LogP contribution < -0.4 is 10.6 Å². The van der Waals surface area contributed by atoms with E-state index in [1.807, 2.05) is 7.05 Å². The lowest BCUT2D eigenvalue weighted by molar-refractivity contribution is 0.0732. The summed E-state index contributed by atoms with van der Waals surface area (Å²) in [5.41, 5.74) is 0.425. The highest BCUT2D eigenvalue weighted by molar-refractivity contribution is 5.79. The first-order chi connectivity index (χ1) is 11.2. The molecular weight excluding hydrogens is 288 g/mol. The van der Waals surface area contributed by atoms with Gasteiger partial charge in [-0.2, -0.15) is 0 Å². The Morgan fingerprint density at radius 1 is 1.22 bits per heavy atom. The topological polar surface area (TPSA) is 48.9 Å². The Labute approximate surface area is 142 Å². The summed E-state index contributed by atoms with van der Waals surface area (Å²) in [7, 11) is 5.90. The van der Waals surface area contributed by atoms with E-state index >= 15 is 0 Å². The van der Waals surface area contributed by atoms with E-state index in [1.54, 1.807) is 7.11 Å². The standard InChI is InChI=1S/C18H36N4O/c1-19-17(20-12-13-22(2)16-7-4-5-8-16)21-15-18(9-6-10-18)11-14-23-3/h16H,4-15H2,1-3H3,(H2,19,20,21). The fourth-order valence-electron chi connectivity index (χ4n) is 3.88. The van der Waals surface area contributed by atoms with E-state index in [-0.39, 0.29) is 0 Å². The van der Waals surface area contributed by atoms with Gasteiger partial charge in [-0.05, 0) is 44.6 Å². The summed E-state index contributed by atoms with van der Waals surface area (Å²) in [6.07, 6.45) is 10.7. The molecule has 134 valence electrons. The Bertz CT molecular complexity index is 362. The van der Waals surface area contributed by atoms with Gasteiger partial charge in [0.25, 0.3) is 0 Å². The minimum absolute atomic E-state index is 0.425. The molecule has 23 heavy (non-hydrogen) atoms. The van der Waals surface area contributed by atoms with Crippen molar-refractivity contribution >= 4 is 5.96 Å². The number of rotatable bonds is 9. The average Bonchev–Trinajstić information content (AvgIpc) is 3.06. The zero-order valence-corrected chi connectivity index (χ0v) is 15.4. The Balaban J connectivity index is 1.64. The Hall–Kier alpha value is -0.810. The molecule has 0 aromatic carbocycles. The number of nitrogens with one attached hydrogen (secondary N) is 2. The van der Waals surface area contributed by atoms with Crippen molar-refractivity contribution in [2.45, 2.75) is 57.4 Å². The van der Waals surface area contributed by atoms with Crippen molar-refractivity contribution in [1.29, 1.82) is 0 Å². The second kappa shape index (κ2) is 9.48. The number of aliphatic imine (C=N–C) groups is 1. The van der Waals surface area contributed by atoms with Crippen molar-refractivity contribution in [3.8, 4) is 0 Å². The van der Waals surface area contributed by atoms with Crippen LogP contribution in [0.4, 0.5) is 0 Å². The second-order valence-electron chi connectivity index (χ2n) is 7.37. The van der Waals surface area contributed by atoms with Gasteiger partial charge in [-0.3, -0.25) is 4.99 Å². The number of ether oxygens (including phenoxy) is 1. The van der Waals surface area contributed by atoms with Crippen molar-refractivity contribution in [2.75, 3.05) is 47.4 Å². The normalized spacial score (nSPS) is 21.5. The maximum atomic E-state index is 5.27. The van der Waals surface area contributed by atoms with Crippen LogP contribution in [0.3, 0.4) is 0 Å². The van der Waals surface area contributed by atoms with Crippen LogP contribution >= 0.6 is 0 Å². The summed E-state index contributed by atoms with van der Waals surface area (Å²) in [6.45, 7) is 3.91. The molecule has 0 unspecified atom stereocenters. The summed E-state index contributed by atoms with van der Waals surface area (Å²) in [4.78, 5) is 6.87. The lowest BCUT2D eigenvalue weighted by atomic mass is 9.67. The molecule has 2 fully saturated rings. The smallest absolute Gasteiger partial charge is 0.191 e. The highest BCUT2D eigenvalue weighted by Crippen LogP contribution is 2.43. The van der Waals surface area contributed by atoms with Gasteiger partial charge in [-0.25, -0.2) is 0 Å². The van der Waals surface area contributed by atoms with E-state index in [0.717, 1.165) is 44.7 Å². The Kier molecular flexibility index (Phi) is 7.63. The lowest BCUT2D eigenvalue weighted by Gasteiger charge is -2.42. The van der Waals surface area contributed by atoms with Crippen molar-refractivity contribution in [1.82, 2.24) is 15.5 Å². The van der Waals surface area contributed by atoms with Gasteiger partial charge in [-0.1, -0.05) is 19.3 Å². The molecule has 0 bridgehead atoms. The summed E-state index contributed by atoms with van der Waals surface area (Å²) >= 11 is 0. The summed E-state index contributed by atoms with van der Waals surface area (Å²) in [6, 6.07) is 0.791. The van der Waals surface area contributed by atoms with Gasteiger partial charge >= 0.3 is 0 Å². The summed E-state index contributed by atoms with van der Waals surface area (Å²) < 4.78 is 5.27. The van der Waals surface area contributed by atoms with Crippen molar-refractivity contribution in [3.63, 3.8) is 0 Å². The fourth-order valence-corrected chi connectivity index (χ4v) is 3.88. The third-order valence-corrected chi connectivity index (χ3v) is 5.81. The average molecular weight is 325 g/mol. The van der Waals surface area contributed by atoms with Crippen LogP contribution in [0.15, 0.2) is 4.99 Å². The molecule has 0 aromatic rings. The van der Waals surface area contributed by atoms with E-state index in [4.69, 9.17) is 4.74 Å². The van der Waals surface area contributed by atoms with Gasteiger partial charge in [-0.15, -0.1) is 0 Å². The Morgan fingerprint density at radius 2 is 1.96 bits per heavy atom. The third kappa shape index (κ3) is 5.64. The molecule has 2 N–H and O–H groups in total. The predicted octanol–water partition coefficient (Wildman–Crippen LogP) is 2.23. The molecule has 0 amide bonds. The van der Waals surface area contributed by atoms with Crippen LogP contribution in [-0.4, -0.2) is 64.3 Å². The fraction of sp³-hybridized carbons (Fsp3) is 0.944. The van der Waals surface area contributed by atoms with Crippen LogP contribution in [0.25, 0.3) is 0 Å². The van der Waals surface area contributed by atoms with Crippen LogP contribution in [0, 0.1) is 5.41 Å². The lowest BCUT2D eigenvalue weighted by Crippen LogP contribution is -2.48. The molecule has 0 atom stereocenters.